The lowest BCUT2D eigenvalue weighted by atomic mass is 10.2. The summed E-state index contributed by atoms with van der Waals surface area (Å²) in [6.45, 7) is 2.91. The van der Waals surface area contributed by atoms with Gasteiger partial charge in [-0.3, -0.25) is 0 Å². The fraction of sp³-hybridized carbons (Fsp3) is 0.375. The van der Waals surface area contributed by atoms with Gasteiger partial charge in [0.2, 0.25) is 5.95 Å². The highest BCUT2D eigenvalue weighted by Gasteiger charge is 2.13. The summed E-state index contributed by atoms with van der Waals surface area (Å²) >= 11 is 9.83. The molecule has 0 saturated heterocycles. The predicted octanol–water partition coefficient (Wildman–Crippen LogP) is 5.49. The lowest BCUT2D eigenvalue weighted by Gasteiger charge is -2.16. The Balaban J connectivity index is 2.03. The minimum atomic E-state index is 0.421. The number of hydrogen-bond acceptors (Lipinski definition) is 4. The van der Waals surface area contributed by atoms with Gasteiger partial charge in [-0.25, -0.2) is 14.4 Å². The van der Waals surface area contributed by atoms with Gasteiger partial charge in [-0.2, -0.15) is 0 Å². The summed E-state index contributed by atoms with van der Waals surface area (Å²) in [5.41, 5.74) is 0.749. The number of benzene rings is 1. The van der Waals surface area contributed by atoms with Crippen molar-refractivity contribution >= 4 is 39.3 Å². The van der Waals surface area contributed by atoms with Crippen molar-refractivity contribution in [1.29, 1.82) is 0 Å². The molecule has 0 aliphatic heterocycles. The molecule has 4 nitrogen and oxygen atoms in total. The zero-order chi connectivity index (χ0) is 15.8. The molecule has 0 atom stereocenters. The Morgan fingerprint density at radius 1 is 1.18 bits per heavy atom. The lowest BCUT2D eigenvalue weighted by molar-refractivity contribution is 0.305. The number of hydrogen-bond donors (Lipinski definition) is 0. The number of aromatic nitrogens is 2. The van der Waals surface area contributed by atoms with Gasteiger partial charge in [0.15, 0.2) is 0 Å². The van der Waals surface area contributed by atoms with Crippen LogP contribution in [0.4, 0.5) is 11.6 Å². The smallest absolute Gasteiger partial charge is 0.245 e. The van der Waals surface area contributed by atoms with E-state index in [-0.39, 0.29) is 0 Å². The predicted molar refractivity (Wildman–Crippen MR) is 93.8 cm³/mol. The monoisotopic (exact) mass is 383 g/mol. The Morgan fingerprint density at radius 3 is 2.68 bits per heavy atom. The van der Waals surface area contributed by atoms with E-state index in [1.807, 2.05) is 18.2 Å². The molecule has 2 rings (SSSR count). The quantitative estimate of drug-likeness (QED) is 0.445. The summed E-state index contributed by atoms with van der Waals surface area (Å²) < 4.78 is 8.05. The van der Waals surface area contributed by atoms with Crippen LogP contribution in [0.15, 0.2) is 41.1 Å². The molecule has 1 aromatic carbocycles. The largest absolute Gasteiger partial charge is 0.494 e. The van der Waals surface area contributed by atoms with Gasteiger partial charge >= 0.3 is 0 Å². The first-order valence-corrected chi connectivity index (χ1v) is 8.50. The number of ether oxygens (including phenoxy) is 1. The van der Waals surface area contributed by atoms with Crippen LogP contribution in [0.25, 0.3) is 0 Å². The minimum Gasteiger partial charge on any atom is -0.494 e. The van der Waals surface area contributed by atoms with Gasteiger partial charge in [-0.1, -0.05) is 26.2 Å². The van der Waals surface area contributed by atoms with E-state index >= 15 is 0 Å². The molecule has 6 heteroatoms. The molecule has 0 amide bonds. The average Bonchev–Trinajstić information content (AvgIpc) is 2.56. The van der Waals surface area contributed by atoms with Gasteiger partial charge in [-0.15, -0.1) is 0 Å². The van der Waals surface area contributed by atoms with Gasteiger partial charge in [0.1, 0.15) is 5.75 Å². The number of halogens is 2. The highest BCUT2D eigenvalue weighted by Crippen LogP contribution is 2.35. The topological polar surface area (TPSA) is 38.2 Å². The van der Waals surface area contributed by atoms with E-state index in [4.69, 9.17) is 16.5 Å². The molecule has 2 aromatic rings. The number of rotatable bonds is 8. The third kappa shape index (κ3) is 4.85. The normalized spacial score (nSPS) is 10.5. The van der Waals surface area contributed by atoms with E-state index in [0.717, 1.165) is 22.3 Å². The maximum atomic E-state index is 6.33. The van der Waals surface area contributed by atoms with Gasteiger partial charge in [0.05, 0.1) is 12.3 Å². The van der Waals surface area contributed by atoms with Crippen LogP contribution >= 0.6 is 27.7 Å². The van der Waals surface area contributed by atoms with Crippen LogP contribution in [0.1, 0.15) is 32.6 Å². The summed E-state index contributed by atoms with van der Waals surface area (Å²) in [5.74, 6) is 1.21. The second-order valence-corrected chi connectivity index (χ2v) is 6.04. The van der Waals surface area contributed by atoms with E-state index < -0.39 is 0 Å². The molecule has 0 fully saturated rings. The zero-order valence-corrected chi connectivity index (χ0v) is 14.8. The van der Waals surface area contributed by atoms with Gasteiger partial charge in [-0.05, 0) is 40.5 Å². The summed E-state index contributed by atoms with van der Waals surface area (Å²) in [5, 5.41) is 0. The van der Waals surface area contributed by atoms with Crippen LogP contribution in [0.3, 0.4) is 0 Å². The molecule has 0 unspecified atom stereocenters. The highest BCUT2D eigenvalue weighted by molar-refractivity contribution is 9.10. The zero-order valence-electron chi connectivity index (χ0n) is 12.5. The maximum absolute atomic E-state index is 6.33. The Bertz CT molecular complexity index is 583. The van der Waals surface area contributed by atoms with E-state index in [2.05, 4.69) is 32.8 Å². The van der Waals surface area contributed by atoms with Crippen LogP contribution < -0.4 is 9.16 Å². The third-order valence-corrected chi connectivity index (χ3v) is 4.13. The molecular formula is C16H19BrClN3O. The summed E-state index contributed by atoms with van der Waals surface area (Å²) in [6, 6.07) is 7.46. The fourth-order valence-corrected chi connectivity index (χ4v) is 2.71. The van der Waals surface area contributed by atoms with Crippen LogP contribution in [0, 0.1) is 0 Å². The third-order valence-electron chi connectivity index (χ3n) is 3.12. The van der Waals surface area contributed by atoms with E-state index in [1.165, 1.54) is 23.7 Å². The Morgan fingerprint density at radius 2 is 1.95 bits per heavy atom. The Labute approximate surface area is 144 Å². The van der Waals surface area contributed by atoms with Crippen molar-refractivity contribution in [3.63, 3.8) is 0 Å². The van der Waals surface area contributed by atoms with Crippen molar-refractivity contribution in [2.45, 2.75) is 32.6 Å². The van der Waals surface area contributed by atoms with Gasteiger partial charge in [0, 0.05) is 34.7 Å². The minimum absolute atomic E-state index is 0.421. The molecule has 0 bridgehead atoms. The molecule has 118 valence electrons. The molecule has 22 heavy (non-hydrogen) atoms. The second-order valence-electron chi connectivity index (χ2n) is 4.85. The molecule has 1 aromatic heterocycles. The molecule has 0 spiro atoms. The van der Waals surface area contributed by atoms with E-state index in [9.17, 15) is 0 Å². The molecule has 0 aliphatic carbocycles. The number of anilines is 2. The Kier molecular flexibility index (Phi) is 6.93. The highest BCUT2D eigenvalue weighted by atomic mass is 79.9. The van der Waals surface area contributed by atoms with Crippen LogP contribution in [0.5, 0.6) is 5.75 Å². The Hall–Kier alpha value is -1.33. The van der Waals surface area contributed by atoms with Crippen LogP contribution in [0.2, 0.25) is 0 Å². The summed E-state index contributed by atoms with van der Waals surface area (Å²) in [6.07, 6.45) is 8.03. The summed E-state index contributed by atoms with van der Waals surface area (Å²) in [7, 11) is 0. The van der Waals surface area contributed by atoms with Crippen LogP contribution in [-0.4, -0.2) is 16.6 Å². The lowest BCUT2D eigenvalue weighted by Crippen LogP contribution is -2.07. The van der Waals surface area contributed by atoms with Crippen molar-refractivity contribution in [3.05, 3.63) is 41.1 Å². The van der Waals surface area contributed by atoms with Crippen molar-refractivity contribution in [2.75, 3.05) is 11.0 Å². The first-order valence-electron chi connectivity index (χ1n) is 7.37. The van der Waals surface area contributed by atoms with Gasteiger partial charge in [0.25, 0.3) is 0 Å². The first-order chi connectivity index (χ1) is 10.7. The standard InChI is InChI=1S/C16H19BrClN3O/c1-2-3-4-5-11-22-13-7-8-14(17)15(12-13)21(18)16-19-9-6-10-20-16/h6-10,12H,2-5,11H2,1H3. The van der Waals surface area contributed by atoms with E-state index in [0.29, 0.717) is 12.6 Å². The van der Waals surface area contributed by atoms with E-state index in [1.54, 1.807) is 18.5 Å². The summed E-state index contributed by atoms with van der Waals surface area (Å²) in [4.78, 5) is 8.29. The average molecular weight is 385 g/mol. The molecule has 1 heterocycles. The maximum Gasteiger partial charge on any atom is 0.245 e. The molecular weight excluding hydrogens is 366 g/mol. The molecule has 0 saturated carbocycles. The van der Waals surface area contributed by atoms with Crippen molar-refractivity contribution < 1.29 is 4.74 Å². The molecule has 0 radical (unpaired) electrons. The van der Waals surface area contributed by atoms with Crippen LogP contribution in [-0.2, 0) is 0 Å². The van der Waals surface area contributed by atoms with Crippen molar-refractivity contribution in [3.8, 4) is 5.75 Å². The SMILES string of the molecule is CCCCCCOc1ccc(Br)c(N(Cl)c2ncccn2)c1. The van der Waals surface area contributed by atoms with Gasteiger partial charge < -0.3 is 4.74 Å². The molecule has 0 aliphatic rings. The first kappa shape index (κ1) is 17.0. The molecule has 0 N–H and O–H groups in total. The number of unbranched alkanes of at least 4 members (excludes halogenated alkanes) is 3. The second kappa shape index (κ2) is 8.96. The fourth-order valence-electron chi connectivity index (χ4n) is 1.95. The van der Waals surface area contributed by atoms with Crippen molar-refractivity contribution in [1.82, 2.24) is 9.97 Å². The number of nitrogens with zero attached hydrogens (tertiary/aromatic N) is 3. The van der Waals surface area contributed by atoms with Crippen molar-refractivity contribution in [2.24, 2.45) is 0 Å².